The lowest BCUT2D eigenvalue weighted by Crippen LogP contribution is -2.38. The molecule has 0 unspecified atom stereocenters. The maximum atomic E-state index is 13.3. The van der Waals surface area contributed by atoms with E-state index >= 15 is 0 Å². The normalized spacial score (nSPS) is 11.1. The van der Waals surface area contributed by atoms with Gasteiger partial charge >= 0.3 is 0 Å². The fourth-order valence-electron chi connectivity index (χ4n) is 2.81. The summed E-state index contributed by atoms with van der Waals surface area (Å²) in [5.41, 5.74) is 0.804. The van der Waals surface area contributed by atoms with Gasteiger partial charge in [0, 0.05) is 10.2 Å². The zero-order valence-electron chi connectivity index (χ0n) is 16.6. The predicted molar refractivity (Wildman–Crippen MR) is 126 cm³/mol. The number of hydrogen-bond acceptors (Lipinski definition) is 4. The molecule has 3 rings (SSSR count). The standard InChI is InChI=1S/C22H20BrClN2O4S/c1-2-30-18-11-9-17(10-12-18)26(31(28,29)19-6-4-3-5-7-19)15-22(27)25-16-8-13-20(23)21(24)14-16/h3-14H,2,15H2,1H3,(H,25,27). The molecule has 1 amide bonds. The average molecular weight is 524 g/mol. The molecule has 31 heavy (non-hydrogen) atoms. The Morgan fingerprint density at radius 2 is 1.74 bits per heavy atom. The van der Waals surface area contributed by atoms with Gasteiger partial charge in [-0.3, -0.25) is 9.10 Å². The van der Waals surface area contributed by atoms with Crippen LogP contribution in [0.1, 0.15) is 6.92 Å². The van der Waals surface area contributed by atoms with Gasteiger partial charge < -0.3 is 10.1 Å². The number of rotatable bonds is 8. The van der Waals surface area contributed by atoms with E-state index in [0.717, 1.165) is 4.31 Å². The van der Waals surface area contributed by atoms with Crippen LogP contribution in [0.15, 0.2) is 82.2 Å². The van der Waals surface area contributed by atoms with Gasteiger partial charge in [-0.1, -0.05) is 29.8 Å². The van der Waals surface area contributed by atoms with E-state index in [2.05, 4.69) is 21.2 Å². The number of hydrogen-bond donors (Lipinski definition) is 1. The predicted octanol–water partition coefficient (Wildman–Crippen LogP) is 5.34. The highest BCUT2D eigenvalue weighted by Gasteiger charge is 2.27. The lowest BCUT2D eigenvalue weighted by molar-refractivity contribution is -0.114. The summed E-state index contributed by atoms with van der Waals surface area (Å²) >= 11 is 9.37. The topological polar surface area (TPSA) is 75.7 Å². The molecular formula is C22H20BrClN2O4S. The summed E-state index contributed by atoms with van der Waals surface area (Å²) in [6.07, 6.45) is 0. The molecule has 162 valence electrons. The van der Waals surface area contributed by atoms with Crippen molar-refractivity contribution in [2.45, 2.75) is 11.8 Å². The van der Waals surface area contributed by atoms with Crippen molar-refractivity contribution in [3.63, 3.8) is 0 Å². The first-order valence-corrected chi connectivity index (χ1v) is 12.0. The number of benzene rings is 3. The first kappa shape index (κ1) is 23.1. The van der Waals surface area contributed by atoms with Gasteiger partial charge in [0.05, 0.1) is 22.2 Å². The SMILES string of the molecule is CCOc1ccc(N(CC(=O)Nc2ccc(Br)c(Cl)c2)S(=O)(=O)c2ccccc2)cc1. The van der Waals surface area contributed by atoms with E-state index in [-0.39, 0.29) is 4.90 Å². The molecule has 6 nitrogen and oxygen atoms in total. The van der Waals surface area contributed by atoms with Gasteiger partial charge in [-0.15, -0.1) is 0 Å². The monoisotopic (exact) mass is 522 g/mol. The lowest BCUT2D eigenvalue weighted by Gasteiger charge is -2.24. The summed E-state index contributed by atoms with van der Waals surface area (Å²) in [5, 5.41) is 3.12. The molecule has 0 bridgehead atoms. The second-order valence-corrected chi connectivity index (χ2v) is 9.55. The van der Waals surface area contributed by atoms with Crippen molar-refractivity contribution in [3.8, 4) is 5.75 Å². The number of anilines is 2. The van der Waals surface area contributed by atoms with Gasteiger partial charge in [-0.05, 0) is 77.5 Å². The minimum Gasteiger partial charge on any atom is -0.494 e. The number of nitrogens with zero attached hydrogens (tertiary/aromatic N) is 1. The molecular weight excluding hydrogens is 504 g/mol. The third kappa shape index (κ3) is 5.78. The third-order valence-corrected chi connectivity index (χ3v) is 7.28. The number of amides is 1. The molecule has 0 aliphatic rings. The first-order chi connectivity index (χ1) is 14.8. The van der Waals surface area contributed by atoms with E-state index in [1.54, 1.807) is 60.7 Å². The molecule has 0 aliphatic heterocycles. The second-order valence-electron chi connectivity index (χ2n) is 6.43. The van der Waals surface area contributed by atoms with Gasteiger partial charge in [-0.2, -0.15) is 0 Å². The Kier molecular flexibility index (Phi) is 7.59. The second kappa shape index (κ2) is 10.2. The number of sulfonamides is 1. The molecule has 0 saturated carbocycles. The zero-order chi connectivity index (χ0) is 22.4. The molecule has 0 spiro atoms. The van der Waals surface area contributed by atoms with Crippen molar-refractivity contribution in [1.82, 2.24) is 0 Å². The Bertz CT molecular complexity index is 1160. The first-order valence-electron chi connectivity index (χ1n) is 9.37. The lowest BCUT2D eigenvalue weighted by atomic mass is 10.3. The van der Waals surface area contributed by atoms with Crippen LogP contribution in [0.2, 0.25) is 5.02 Å². The quantitative estimate of drug-likeness (QED) is 0.433. The van der Waals surface area contributed by atoms with Gasteiger partial charge in [0.25, 0.3) is 10.0 Å². The molecule has 0 atom stereocenters. The van der Waals surface area contributed by atoms with E-state index in [4.69, 9.17) is 16.3 Å². The highest BCUT2D eigenvalue weighted by Crippen LogP contribution is 2.27. The fourth-order valence-corrected chi connectivity index (χ4v) is 4.68. The Morgan fingerprint density at radius 1 is 1.06 bits per heavy atom. The molecule has 3 aromatic carbocycles. The minimum atomic E-state index is -3.98. The van der Waals surface area contributed by atoms with Crippen molar-refractivity contribution in [3.05, 3.63) is 82.3 Å². The van der Waals surface area contributed by atoms with Crippen molar-refractivity contribution in [1.29, 1.82) is 0 Å². The van der Waals surface area contributed by atoms with E-state index in [9.17, 15) is 13.2 Å². The Labute approximate surface area is 195 Å². The highest BCUT2D eigenvalue weighted by molar-refractivity contribution is 9.10. The molecule has 0 fully saturated rings. The van der Waals surface area contributed by atoms with Crippen LogP contribution in [0, 0.1) is 0 Å². The molecule has 0 aliphatic carbocycles. The van der Waals surface area contributed by atoms with Crippen LogP contribution in [-0.2, 0) is 14.8 Å². The van der Waals surface area contributed by atoms with Crippen LogP contribution >= 0.6 is 27.5 Å². The Hall–Kier alpha value is -2.55. The number of nitrogens with one attached hydrogen (secondary N) is 1. The van der Waals surface area contributed by atoms with Crippen LogP contribution in [0.4, 0.5) is 11.4 Å². The Morgan fingerprint density at radius 3 is 2.35 bits per heavy atom. The third-order valence-electron chi connectivity index (χ3n) is 4.26. The van der Waals surface area contributed by atoms with Crippen LogP contribution in [0.25, 0.3) is 0 Å². The number of halogens is 2. The van der Waals surface area contributed by atoms with Gasteiger partial charge in [0.2, 0.25) is 5.91 Å². The van der Waals surface area contributed by atoms with Crippen molar-refractivity contribution >= 4 is 54.8 Å². The van der Waals surface area contributed by atoms with Crippen LogP contribution < -0.4 is 14.4 Å². The number of ether oxygens (including phenoxy) is 1. The van der Waals surface area contributed by atoms with E-state index in [0.29, 0.717) is 33.2 Å². The Balaban J connectivity index is 1.91. The van der Waals surface area contributed by atoms with E-state index in [1.807, 2.05) is 6.92 Å². The molecule has 1 N–H and O–H groups in total. The van der Waals surface area contributed by atoms with Gasteiger partial charge in [0.15, 0.2) is 0 Å². The summed E-state index contributed by atoms with van der Waals surface area (Å²) < 4.78 is 33.8. The van der Waals surface area contributed by atoms with E-state index < -0.39 is 22.5 Å². The summed E-state index contributed by atoms with van der Waals surface area (Å²) in [6.45, 7) is 1.93. The average Bonchev–Trinajstić information content (AvgIpc) is 2.76. The summed E-state index contributed by atoms with van der Waals surface area (Å²) in [6, 6.07) is 19.5. The molecule has 0 radical (unpaired) electrons. The molecule has 9 heteroatoms. The molecule has 0 saturated heterocycles. The number of carbonyl (C=O) groups excluding carboxylic acids is 1. The van der Waals surface area contributed by atoms with Gasteiger partial charge in [-0.25, -0.2) is 8.42 Å². The summed E-state index contributed by atoms with van der Waals surface area (Å²) in [7, 11) is -3.98. The fraction of sp³-hybridized carbons (Fsp3) is 0.136. The maximum absolute atomic E-state index is 13.3. The molecule has 3 aromatic rings. The highest BCUT2D eigenvalue weighted by atomic mass is 79.9. The maximum Gasteiger partial charge on any atom is 0.264 e. The van der Waals surface area contributed by atoms with Crippen LogP contribution in [0.5, 0.6) is 5.75 Å². The van der Waals surface area contributed by atoms with E-state index in [1.165, 1.54) is 12.1 Å². The smallest absolute Gasteiger partial charge is 0.264 e. The number of carbonyl (C=O) groups is 1. The van der Waals surface area contributed by atoms with Crippen LogP contribution in [-0.4, -0.2) is 27.5 Å². The zero-order valence-corrected chi connectivity index (χ0v) is 19.7. The summed E-state index contributed by atoms with van der Waals surface area (Å²) in [5.74, 6) is 0.101. The molecule has 0 aromatic heterocycles. The van der Waals surface area contributed by atoms with Crippen molar-refractivity contribution in [2.75, 3.05) is 22.8 Å². The largest absolute Gasteiger partial charge is 0.494 e. The van der Waals surface area contributed by atoms with Crippen molar-refractivity contribution < 1.29 is 17.9 Å². The minimum absolute atomic E-state index is 0.0865. The van der Waals surface area contributed by atoms with Gasteiger partial charge in [0.1, 0.15) is 12.3 Å². The van der Waals surface area contributed by atoms with Crippen LogP contribution in [0.3, 0.4) is 0 Å². The molecule has 0 heterocycles. The van der Waals surface area contributed by atoms with Crippen molar-refractivity contribution in [2.24, 2.45) is 0 Å². The summed E-state index contributed by atoms with van der Waals surface area (Å²) in [4.78, 5) is 12.8.